The third-order valence-electron chi connectivity index (χ3n) is 7.85. The van der Waals surface area contributed by atoms with E-state index in [0.29, 0.717) is 22.5 Å². The minimum Gasteiger partial charge on any atom is -0.390 e. The van der Waals surface area contributed by atoms with E-state index in [1.165, 1.54) is 18.2 Å². The molecule has 0 amide bonds. The van der Waals surface area contributed by atoms with Gasteiger partial charge in [-0.15, -0.1) is 0 Å². The number of aromatic nitrogens is 3. The van der Waals surface area contributed by atoms with Gasteiger partial charge in [0.15, 0.2) is 0 Å². The minimum absolute atomic E-state index is 0.0255. The molecule has 2 aromatic heterocycles. The standard InChI is InChI=1S/C26H29F3N4O2/c1-15(18-4-3-5-20(23(18)27)26(28,29)14-34)30-24-19-13-33(22(35)12-21(19)31-16(2)32-24)25-9-6-17(7-10-25)8-11-25/h3-5,12-13,15,17,34H,6-11,14H2,1-2H3,(H,30,31,32). The Kier molecular flexibility index (Phi) is 5.86. The molecule has 9 heteroatoms. The monoisotopic (exact) mass is 486 g/mol. The lowest BCUT2D eigenvalue weighted by atomic mass is 9.65. The Balaban J connectivity index is 1.56. The van der Waals surface area contributed by atoms with Crippen LogP contribution in [0.1, 0.15) is 68.4 Å². The van der Waals surface area contributed by atoms with Crippen molar-refractivity contribution >= 4 is 16.7 Å². The van der Waals surface area contributed by atoms with Crippen LogP contribution in [0.4, 0.5) is 19.0 Å². The number of pyridine rings is 1. The van der Waals surface area contributed by atoms with Crippen molar-refractivity contribution in [3.63, 3.8) is 0 Å². The van der Waals surface area contributed by atoms with Crippen molar-refractivity contribution < 1.29 is 18.3 Å². The van der Waals surface area contributed by atoms with Crippen LogP contribution < -0.4 is 10.9 Å². The van der Waals surface area contributed by atoms with Gasteiger partial charge in [0.1, 0.15) is 24.1 Å². The molecule has 3 fully saturated rings. The second-order valence-electron chi connectivity index (χ2n) is 10.0. The number of rotatable bonds is 6. The van der Waals surface area contributed by atoms with Gasteiger partial charge in [0.2, 0.25) is 0 Å². The quantitative estimate of drug-likeness (QED) is 0.502. The first kappa shape index (κ1) is 23.8. The van der Waals surface area contributed by atoms with Gasteiger partial charge in [0, 0.05) is 23.4 Å². The Hall–Kier alpha value is -2.94. The van der Waals surface area contributed by atoms with Gasteiger partial charge >= 0.3 is 0 Å². The maximum absolute atomic E-state index is 15.1. The Bertz CT molecular complexity index is 1320. The fraction of sp³-hybridized carbons (Fsp3) is 0.500. The highest BCUT2D eigenvalue weighted by molar-refractivity contribution is 5.88. The maximum Gasteiger partial charge on any atom is 0.298 e. The molecule has 0 aliphatic heterocycles. The molecule has 3 aliphatic rings. The van der Waals surface area contributed by atoms with E-state index in [9.17, 15) is 13.6 Å². The van der Waals surface area contributed by atoms with Crippen LogP contribution in [0.3, 0.4) is 0 Å². The highest BCUT2D eigenvalue weighted by atomic mass is 19.3. The van der Waals surface area contributed by atoms with Crippen LogP contribution in [0, 0.1) is 18.7 Å². The van der Waals surface area contributed by atoms with E-state index in [4.69, 9.17) is 5.11 Å². The molecule has 1 unspecified atom stereocenters. The first-order valence-electron chi connectivity index (χ1n) is 12.1. The zero-order valence-corrected chi connectivity index (χ0v) is 19.8. The van der Waals surface area contributed by atoms with Crippen molar-refractivity contribution in [1.29, 1.82) is 0 Å². The summed E-state index contributed by atoms with van der Waals surface area (Å²) in [6.45, 7) is 1.87. The number of hydrogen-bond acceptors (Lipinski definition) is 5. The number of hydrogen-bond donors (Lipinski definition) is 2. The topological polar surface area (TPSA) is 80.0 Å². The summed E-state index contributed by atoms with van der Waals surface area (Å²) in [6.07, 6.45) is 8.05. The molecule has 3 aromatic rings. The number of fused-ring (bicyclic) bond motifs is 4. The van der Waals surface area contributed by atoms with Gasteiger partial charge in [-0.1, -0.05) is 12.1 Å². The molecule has 186 valence electrons. The predicted octanol–water partition coefficient (Wildman–Crippen LogP) is 5.18. The fourth-order valence-electron chi connectivity index (χ4n) is 5.82. The van der Waals surface area contributed by atoms with E-state index < -0.39 is 30.0 Å². The third-order valence-corrected chi connectivity index (χ3v) is 7.85. The summed E-state index contributed by atoms with van der Waals surface area (Å²) < 4.78 is 45.0. The zero-order valence-electron chi connectivity index (χ0n) is 19.8. The van der Waals surface area contributed by atoms with Gasteiger partial charge in [0.05, 0.1) is 22.5 Å². The molecule has 3 aliphatic carbocycles. The average molecular weight is 487 g/mol. The number of benzene rings is 1. The fourth-order valence-corrected chi connectivity index (χ4v) is 5.82. The van der Waals surface area contributed by atoms with Crippen LogP contribution in [-0.4, -0.2) is 26.2 Å². The van der Waals surface area contributed by atoms with Crippen LogP contribution >= 0.6 is 0 Å². The summed E-state index contributed by atoms with van der Waals surface area (Å²) in [5.74, 6) is -3.17. The van der Waals surface area contributed by atoms with Gasteiger partial charge in [-0.3, -0.25) is 4.79 Å². The van der Waals surface area contributed by atoms with Crippen LogP contribution in [0.2, 0.25) is 0 Å². The molecule has 3 saturated carbocycles. The lowest BCUT2D eigenvalue weighted by Gasteiger charge is -2.47. The Morgan fingerprint density at radius 1 is 1.23 bits per heavy atom. The summed E-state index contributed by atoms with van der Waals surface area (Å²) in [5.41, 5.74) is -0.645. The molecule has 6 nitrogen and oxygen atoms in total. The van der Waals surface area contributed by atoms with Crippen molar-refractivity contribution in [3.8, 4) is 0 Å². The number of nitrogens with one attached hydrogen (secondary N) is 1. The van der Waals surface area contributed by atoms with E-state index >= 15 is 4.39 Å². The Labute approximate surface area is 201 Å². The number of alkyl halides is 2. The van der Waals surface area contributed by atoms with E-state index in [0.717, 1.165) is 50.5 Å². The van der Waals surface area contributed by atoms with Crippen LogP contribution in [-0.2, 0) is 11.5 Å². The largest absolute Gasteiger partial charge is 0.390 e. The second-order valence-corrected chi connectivity index (χ2v) is 10.0. The molecular weight excluding hydrogens is 457 g/mol. The van der Waals surface area contributed by atoms with Gasteiger partial charge in [-0.25, -0.2) is 14.4 Å². The number of anilines is 1. The van der Waals surface area contributed by atoms with Crippen molar-refractivity contribution in [2.75, 3.05) is 11.9 Å². The molecule has 0 saturated heterocycles. The van der Waals surface area contributed by atoms with Crippen molar-refractivity contribution in [1.82, 2.24) is 14.5 Å². The van der Waals surface area contributed by atoms with Crippen LogP contribution in [0.15, 0.2) is 35.3 Å². The van der Waals surface area contributed by atoms with Gasteiger partial charge in [-0.05, 0) is 64.4 Å². The normalized spacial score (nSPS) is 23.0. The summed E-state index contributed by atoms with van der Waals surface area (Å²) in [7, 11) is 0. The van der Waals surface area contributed by atoms with E-state index in [-0.39, 0.29) is 16.7 Å². The Morgan fingerprint density at radius 2 is 1.91 bits per heavy atom. The second kappa shape index (κ2) is 8.62. The molecule has 6 rings (SSSR count). The number of aliphatic hydroxyl groups excluding tert-OH is 1. The summed E-state index contributed by atoms with van der Waals surface area (Å²) in [4.78, 5) is 22.1. The highest BCUT2D eigenvalue weighted by Gasteiger charge is 2.42. The molecule has 0 radical (unpaired) electrons. The van der Waals surface area contributed by atoms with Crippen molar-refractivity contribution in [2.45, 2.75) is 69.9 Å². The third kappa shape index (κ3) is 4.09. The van der Waals surface area contributed by atoms with Crippen LogP contribution in [0.25, 0.3) is 10.9 Å². The molecule has 2 N–H and O–H groups in total. The van der Waals surface area contributed by atoms with Crippen molar-refractivity contribution in [3.05, 3.63) is 63.6 Å². The van der Waals surface area contributed by atoms with Gasteiger partial charge in [-0.2, -0.15) is 8.78 Å². The van der Waals surface area contributed by atoms with Gasteiger partial charge in [0.25, 0.3) is 11.5 Å². The predicted molar refractivity (Wildman–Crippen MR) is 127 cm³/mol. The maximum atomic E-state index is 15.1. The molecule has 2 heterocycles. The first-order valence-corrected chi connectivity index (χ1v) is 12.1. The van der Waals surface area contributed by atoms with Crippen LogP contribution in [0.5, 0.6) is 0 Å². The number of aryl methyl sites for hydroxylation is 1. The minimum atomic E-state index is -3.69. The van der Waals surface area contributed by atoms with E-state index in [1.54, 1.807) is 13.8 Å². The van der Waals surface area contributed by atoms with E-state index in [1.807, 2.05) is 10.8 Å². The summed E-state index contributed by atoms with van der Waals surface area (Å²) in [5, 5.41) is 12.8. The summed E-state index contributed by atoms with van der Waals surface area (Å²) >= 11 is 0. The number of aliphatic hydroxyl groups is 1. The summed E-state index contributed by atoms with van der Waals surface area (Å²) in [6, 6.07) is 4.55. The highest BCUT2D eigenvalue weighted by Crippen LogP contribution is 2.48. The number of halogens is 3. The molecule has 0 spiro atoms. The van der Waals surface area contributed by atoms with Gasteiger partial charge < -0.3 is 15.0 Å². The average Bonchev–Trinajstić information content (AvgIpc) is 2.84. The Morgan fingerprint density at radius 3 is 2.57 bits per heavy atom. The lowest BCUT2D eigenvalue weighted by Crippen LogP contribution is -2.47. The smallest absolute Gasteiger partial charge is 0.298 e. The first-order chi connectivity index (χ1) is 16.6. The number of nitrogens with zero attached hydrogens (tertiary/aromatic N) is 3. The molecule has 1 atom stereocenters. The van der Waals surface area contributed by atoms with Crippen molar-refractivity contribution in [2.24, 2.45) is 5.92 Å². The van der Waals surface area contributed by atoms with E-state index in [2.05, 4.69) is 15.3 Å². The molecular formula is C26H29F3N4O2. The molecule has 1 aromatic carbocycles. The molecule has 35 heavy (non-hydrogen) atoms. The SMILES string of the molecule is Cc1nc(NC(C)c2cccc(C(F)(F)CO)c2F)c2cn(C34CCC(CC3)CC4)c(=O)cc2n1. The molecule has 2 bridgehead atoms. The lowest BCUT2D eigenvalue weighted by molar-refractivity contribution is -0.0583. The zero-order chi connectivity index (χ0) is 25.0.